The van der Waals surface area contributed by atoms with Crippen LogP contribution in [0, 0.1) is 11.7 Å². The summed E-state index contributed by atoms with van der Waals surface area (Å²) in [5, 5.41) is 2.96. The van der Waals surface area contributed by atoms with Gasteiger partial charge in [-0.2, -0.15) is 0 Å². The second-order valence-corrected chi connectivity index (χ2v) is 7.91. The van der Waals surface area contributed by atoms with E-state index in [9.17, 15) is 14.0 Å². The molecule has 1 aliphatic rings. The summed E-state index contributed by atoms with van der Waals surface area (Å²) in [6.45, 7) is 1.06. The number of carbonyl (C=O) groups is 2. The van der Waals surface area contributed by atoms with Gasteiger partial charge in [0, 0.05) is 31.1 Å². The van der Waals surface area contributed by atoms with Gasteiger partial charge in [-0.05, 0) is 47.5 Å². The van der Waals surface area contributed by atoms with Gasteiger partial charge in [0.15, 0.2) is 0 Å². The number of methoxy groups -OCH3 is 1. The van der Waals surface area contributed by atoms with E-state index in [2.05, 4.69) is 5.32 Å². The van der Waals surface area contributed by atoms with Crippen molar-refractivity contribution in [3.8, 4) is 5.75 Å². The van der Waals surface area contributed by atoms with E-state index < -0.39 is 5.92 Å². The van der Waals surface area contributed by atoms with E-state index in [4.69, 9.17) is 4.74 Å². The maximum atomic E-state index is 13.2. The van der Waals surface area contributed by atoms with E-state index in [1.165, 1.54) is 12.1 Å². The van der Waals surface area contributed by atoms with Crippen LogP contribution in [0.2, 0.25) is 0 Å². The van der Waals surface area contributed by atoms with Crippen LogP contribution in [0.25, 0.3) is 0 Å². The van der Waals surface area contributed by atoms with Crippen molar-refractivity contribution >= 4 is 11.8 Å². The lowest BCUT2D eigenvalue weighted by atomic mass is 9.88. The number of nitrogens with zero attached hydrogens (tertiary/aromatic N) is 1. The number of rotatable bonds is 6. The second kappa shape index (κ2) is 9.64. The molecule has 3 aromatic rings. The van der Waals surface area contributed by atoms with E-state index in [0.29, 0.717) is 30.9 Å². The maximum Gasteiger partial charge on any atom is 0.253 e. The quantitative estimate of drug-likeness (QED) is 0.640. The van der Waals surface area contributed by atoms with Gasteiger partial charge in [-0.3, -0.25) is 9.59 Å². The van der Waals surface area contributed by atoms with E-state index in [0.717, 1.165) is 11.1 Å². The highest BCUT2D eigenvalue weighted by Crippen LogP contribution is 2.35. The van der Waals surface area contributed by atoms with Crippen LogP contribution in [0.15, 0.2) is 78.9 Å². The molecule has 6 heteroatoms. The largest absolute Gasteiger partial charge is 0.497 e. The molecule has 32 heavy (non-hydrogen) atoms. The fraction of sp³-hybridized carbons (Fsp3) is 0.231. The van der Waals surface area contributed by atoms with Crippen molar-refractivity contribution < 1.29 is 18.7 Å². The fourth-order valence-corrected chi connectivity index (χ4v) is 4.13. The van der Waals surface area contributed by atoms with Crippen molar-refractivity contribution in [2.24, 2.45) is 5.92 Å². The molecule has 1 saturated heterocycles. The Morgan fingerprint density at radius 2 is 1.75 bits per heavy atom. The van der Waals surface area contributed by atoms with Crippen LogP contribution in [0.1, 0.15) is 27.4 Å². The standard InChI is InChI=1S/C26H25FN2O3/c1-32-22-9-5-8-20(14-22)23-16-29(26(31)19-6-3-2-4-7-19)17-24(23)25(30)28-15-18-10-12-21(27)13-11-18/h2-14,23-24H,15-17H2,1H3,(H,28,30). The smallest absolute Gasteiger partial charge is 0.253 e. The minimum absolute atomic E-state index is 0.0904. The molecule has 1 heterocycles. The fourth-order valence-electron chi connectivity index (χ4n) is 4.13. The average Bonchev–Trinajstić information content (AvgIpc) is 3.29. The average molecular weight is 432 g/mol. The van der Waals surface area contributed by atoms with Crippen LogP contribution in [0.5, 0.6) is 5.75 Å². The minimum atomic E-state index is -0.407. The van der Waals surface area contributed by atoms with E-state index in [-0.39, 0.29) is 23.5 Å². The van der Waals surface area contributed by atoms with Crippen molar-refractivity contribution in [1.29, 1.82) is 0 Å². The van der Waals surface area contributed by atoms with Crippen molar-refractivity contribution in [1.82, 2.24) is 10.2 Å². The van der Waals surface area contributed by atoms with Crippen LogP contribution in [0.4, 0.5) is 4.39 Å². The third-order valence-corrected chi connectivity index (χ3v) is 5.87. The number of likely N-dealkylation sites (tertiary alicyclic amines) is 1. The number of benzene rings is 3. The van der Waals surface area contributed by atoms with E-state index in [1.807, 2.05) is 42.5 Å². The molecule has 0 spiro atoms. The molecule has 0 aliphatic carbocycles. The molecule has 2 unspecified atom stereocenters. The normalized spacial score (nSPS) is 17.8. The number of carbonyl (C=O) groups excluding carboxylic acids is 2. The van der Waals surface area contributed by atoms with Gasteiger partial charge in [0.05, 0.1) is 13.0 Å². The first-order valence-electron chi connectivity index (χ1n) is 10.6. The molecule has 0 radical (unpaired) electrons. The highest BCUT2D eigenvalue weighted by molar-refractivity contribution is 5.95. The molecule has 0 saturated carbocycles. The second-order valence-electron chi connectivity index (χ2n) is 7.91. The maximum absolute atomic E-state index is 13.2. The molecule has 1 aliphatic heterocycles. The molecular weight excluding hydrogens is 407 g/mol. The van der Waals surface area contributed by atoms with Gasteiger partial charge in [0.1, 0.15) is 11.6 Å². The first-order chi connectivity index (χ1) is 15.5. The lowest BCUT2D eigenvalue weighted by Gasteiger charge is -2.18. The Morgan fingerprint density at radius 3 is 2.47 bits per heavy atom. The topological polar surface area (TPSA) is 58.6 Å². The van der Waals surface area contributed by atoms with Crippen molar-refractivity contribution in [2.75, 3.05) is 20.2 Å². The first-order valence-corrected chi connectivity index (χ1v) is 10.6. The lowest BCUT2D eigenvalue weighted by molar-refractivity contribution is -0.125. The SMILES string of the molecule is COc1cccc(C2CN(C(=O)c3ccccc3)CC2C(=O)NCc2ccc(F)cc2)c1. The lowest BCUT2D eigenvalue weighted by Crippen LogP contribution is -2.35. The Balaban J connectivity index is 1.55. The van der Waals surface area contributed by atoms with Crippen LogP contribution < -0.4 is 10.1 Å². The molecule has 2 atom stereocenters. The van der Waals surface area contributed by atoms with Gasteiger partial charge in [-0.25, -0.2) is 4.39 Å². The Kier molecular flexibility index (Phi) is 6.50. The number of amides is 2. The summed E-state index contributed by atoms with van der Waals surface area (Å²) in [5.41, 5.74) is 2.37. The summed E-state index contributed by atoms with van der Waals surface area (Å²) in [4.78, 5) is 28.0. The number of hydrogen-bond acceptors (Lipinski definition) is 3. The molecule has 4 rings (SSSR count). The summed E-state index contributed by atoms with van der Waals surface area (Å²) in [5.74, 6) is -0.399. The number of nitrogens with one attached hydrogen (secondary N) is 1. The molecule has 0 bridgehead atoms. The molecule has 164 valence electrons. The van der Waals surface area contributed by atoms with Gasteiger partial charge < -0.3 is 15.0 Å². The van der Waals surface area contributed by atoms with Crippen molar-refractivity contribution in [2.45, 2.75) is 12.5 Å². The summed E-state index contributed by atoms with van der Waals surface area (Å²) >= 11 is 0. The molecule has 5 nitrogen and oxygen atoms in total. The first kappa shape index (κ1) is 21.6. The summed E-state index contributed by atoms with van der Waals surface area (Å²) in [6, 6.07) is 22.8. The molecule has 1 fully saturated rings. The zero-order valence-electron chi connectivity index (χ0n) is 17.8. The van der Waals surface area contributed by atoms with Crippen LogP contribution in [-0.2, 0) is 11.3 Å². The van der Waals surface area contributed by atoms with Crippen LogP contribution >= 0.6 is 0 Å². The molecule has 2 amide bonds. The monoisotopic (exact) mass is 432 g/mol. The zero-order chi connectivity index (χ0) is 22.5. The molecular formula is C26H25FN2O3. The Bertz CT molecular complexity index is 1090. The number of ether oxygens (including phenoxy) is 1. The molecule has 0 aromatic heterocycles. The highest BCUT2D eigenvalue weighted by atomic mass is 19.1. The number of halogens is 1. The minimum Gasteiger partial charge on any atom is -0.497 e. The third kappa shape index (κ3) is 4.80. The predicted molar refractivity (Wildman–Crippen MR) is 120 cm³/mol. The number of hydrogen-bond donors (Lipinski definition) is 1. The highest BCUT2D eigenvalue weighted by Gasteiger charge is 2.40. The zero-order valence-corrected chi connectivity index (χ0v) is 17.8. The van der Waals surface area contributed by atoms with Gasteiger partial charge in [-0.15, -0.1) is 0 Å². The summed E-state index contributed by atoms with van der Waals surface area (Å²) in [7, 11) is 1.60. The van der Waals surface area contributed by atoms with Crippen LogP contribution in [-0.4, -0.2) is 36.9 Å². The van der Waals surface area contributed by atoms with E-state index >= 15 is 0 Å². The molecule has 1 N–H and O–H groups in total. The Labute approximate surface area is 186 Å². The predicted octanol–water partition coefficient (Wildman–Crippen LogP) is 4.01. The third-order valence-electron chi connectivity index (χ3n) is 5.87. The summed E-state index contributed by atoms with van der Waals surface area (Å²) in [6.07, 6.45) is 0. The summed E-state index contributed by atoms with van der Waals surface area (Å²) < 4.78 is 18.5. The van der Waals surface area contributed by atoms with Gasteiger partial charge >= 0.3 is 0 Å². The molecule has 3 aromatic carbocycles. The van der Waals surface area contributed by atoms with E-state index in [1.54, 1.807) is 36.3 Å². The Hall–Kier alpha value is -3.67. The van der Waals surface area contributed by atoms with Gasteiger partial charge in [0.25, 0.3) is 5.91 Å². The van der Waals surface area contributed by atoms with Gasteiger partial charge in [0.2, 0.25) is 5.91 Å². The van der Waals surface area contributed by atoms with Crippen LogP contribution in [0.3, 0.4) is 0 Å². The Morgan fingerprint density at radius 1 is 1.00 bits per heavy atom. The van der Waals surface area contributed by atoms with Crippen molar-refractivity contribution in [3.63, 3.8) is 0 Å². The van der Waals surface area contributed by atoms with Crippen molar-refractivity contribution in [3.05, 3.63) is 101 Å². The van der Waals surface area contributed by atoms with Gasteiger partial charge in [-0.1, -0.05) is 42.5 Å².